The molecule has 2 aromatic rings. The predicted molar refractivity (Wildman–Crippen MR) is 50.4 cm³/mol. The van der Waals surface area contributed by atoms with Crippen LogP contribution in [0.1, 0.15) is 17.6 Å². The van der Waals surface area contributed by atoms with Crippen molar-refractivity contribution in [1.82, 2.24) is 8.75 Å². The molecule has 2 aromatic heterocycles. The quantitative estimate of drug-likeness (QED) is 0.897. The molecule has 4 nitrogen and oxygen atoms in total. The van der Waals surface area contributed by atoms with E-state index in [1.807, 2.05) is 0 Å². The zero-order valence-corrected chi connectivity index (χ0v) is 8.75. The molecule has 0 fully saturated rings. The molecular formula is C7H5BrN2O2S. The van der Waals surface area contributed by atoms with Crippen molar-refractivity contribution in [3.8, 4) is 0 Å². The summed E-state index contributed by atoms with van der Waals surface area (Å²) < 4.78 is 13.5. The molecule has 0 aliphatic carbocycles. The Morgan fingerprint density at radius 3 is 3.00 bits per heavy atom. The number of aliphatic hydroxyl groups excluding tert-OH is 1. The zero-order valence-electron chi connectivity index (χ0n) is 6.35. The van der Waals surface area contributed by atoms with Crippen LogP contribution in [0.25, 0.3) is 0 Å². The van der Waals surface area contributed by atoms with Gasteiger partial charge in [0.05, 0.1) is 28.7 Å². The van der Waals surface area contributed by atoms with Gasteiger partial charge in [-0.1, -0.05) is 0 Å². The average Bonchev–Trinajstić information content (AvgIpc) is 2.72. The summed E-state index contributed by atoms with van der Waals surface area (Å²) in [5.41, 5.74) is 0.501. The van der Waals surface area contributed by atoms with E-state index in [0.717, 1.165) is 16.2 Å². The topological polar surface area (TPSA) is 59.2 Å². The van der Waals surface area contributed by atoms with Crippen LogP contribution in [0.5, 0.6) is 0 Å². The van der Waals surface area contributed by atoms with Gasteiger partial charge in [-0.2, -0.15) is 8.75 Å². The van der Waals surface area contributed by atoms with Gasteiger partial charge < -0.3 is 9.52 Å². The summed E-state index contributed by atoms with van der Waals surface area (Å²) in [6.45, 7) is 0. The standard InChI is InChI=1S/C7H5BrN2O2S/c8-4-1-2-12-7(4)6(11)5-3-9-13-10-5/h1-3,6,11H. The maximum Gasteiger partial charge on any atom is 0.157 e. The Balaban J connectivity index is 2.33. The number of rotatable bonds is 2. The first-order valence-electron chi connectivity index (χ1n) is 3.47. The Hall–Kier alpha value is -0.720. The molecule has 0 aliphatic heterocycles. The van der Waals surface area contributed by atoms with Gasteiger partial charge in [-0.25, -0.2) is 0 Å². The van der Waals surface area contributed by atoms with Crippen molar-refractivity contribution in [3.05, 3.63) is 34.5 Å². The Morgan fingerprint density at radius 1 is 1.62 bits per heavy atom. The van der Waals surface area contributed by atoms with Crippen LogP contribution in [0.2, 0.25) is 0 Å². The molecule has 13 heavy (non-hydrogen) atoms. The van der Waals surface area contributed by atoms with Crippen LogP contribution in [0.3, 0.4) is 0 Å². The lowest BCUT2D eigenvalue weighted by Gasteiger charge is -2.03. The number of aliphatic hydroxyl groups is 1. The zero-order chi connectivity index (χ0) is 9.26. The highest BCUT2D eigenvalue weighted by Gasteiger charge is 2.19. The SMILES string of the molecule is OC(c1cnsn1)c1occc1Br. The highest BCUT2D eigenvalue weighted by atomic mass is 79.9. The largest absolute Gasteiger partial charge is 0.465 e. The summed E-state index contributed by atoms with van der Waals surface area (Å²) in [5.74, 6) is 0.452. The lowest BCUT2D eigenvalue weighted by atomic mass is 10.2. The van der Waals surface area contributed by atoms with Crippen LogP contribution in [0.4, 0.5) is 0 Å². The van der Waals surface area contributed by atoms with Crippen LogP contribution < -0.4 is 0 Å². The first-order chi connectivity index (χ1) is 6.29. The van der Waals surface area contributed by atoms with Crippen molar-refractivity contribution in [1.29, 1.82) is 0 Å². The van der Waals surface area contributed by atoms with E-state index in [9.17, 15) is 5.11 Å². The van der Waals surface area contributed by atoms with Gasteiger partial charge in [-0.15, -0.1) is 0 Å². The van der Waals surface area contributed by atoms with E-state index < -0.39 is 6.10 Å². The third-order valence-corrected chi connectivity index (χ3v) is 2.70. The second-order valence-corrected chi connectivity index (χ2v) is 3.78. The van der Waals surface area contributed by atoms with E-state index >= 15 is 0 Å². The second-order valence-electron chi connectivity index (χ2n) is 2.37. The number of aromatic nitrogens is 2. The third-order valence-electron chi connectivity index (χ3n) is 1.55. The molecule has 2 heterocycles. The normalized spacial score (nSPS) is 13.1. The molecule has 1 unspecified atom stereocenters. The van der Waals surface area contributed by atoms with Crippen molar-refractivity contribution in [2.75, 3.05) is 0 Å². The van der Waals surface area contributed by atoms with E-state index in [2.05, 4.69) is 24.7 Å². The number of hydrogen-bond donors (Lipinski definition) is 1. The van der Waals surface area contributed by atoms with E-state index in [1.165, 1.54) is 12.5 Å². The number of halogens is 1. The van der Waals surface area contributed by atoms with Crippen molar-refractivity contribution in [2.45, 2.75) is 6.10 Å². The number of furan rings is 1. The Labute approximate surface area is 86.7 Å². The van der Waals surface area contributed by atoms with Crippen LogP contribution in [0, 0.1) is 0 Å². The molecule has 0 saturated carbocycles. The highest BCUT2D eigenvalue weighted by Crippen LogP contribution is 2.28. The molecule has 68 valence electrons. The molecule has 0 bridgehead atoms. The smallest absolute Gasteiger partial charge is 0.157 e. The van der Waals surface area contributed by atoms with Crippen molar-refractivity contribution in [3.63, 3.8) is 0 Å². The summed E-state index contributed by atoms with van der Waals surface area (Å²) in [6, 6.07) is 1.72. The minimum Gasteiger partial charge on any atom is -0.465 e. The Bertz CT molecular complexity index is 387. The predicted octanol–water partition coefficient (Wildman–Crippen LogP) is 1.98. The van der Waals surface area contributed by atoms with Gasteiger partial charge in [0.2, 0.25) is 0 Å². The molecular weight excluding hydrogens is 256 g/mol. The Morgan fingerprint density at radius 2 is 2.46 bits per heavy atom. The van der Waals surface area contributed by atoms with Crippen LogP contribution in [-0.2, 0) is 0 Å². The summed E-state index contributed by atoms with van der Waals surface area (Å²) in [7, 11) is 0. The summed E-state index contributed by atoms with van der Waals surface area (Å²) in [6.07, 6.45) is 2.18. The molecule has 6 heteroatoms. The monoisotopic (exact) mass is 260 g/mol. The number of hydrogen-bond acceptors (Lipinski definition) is 5. The maximum absolute atomic E-state index is 9.73. The molecule has 1 atom stereocenters. The average molecular weight is 261 g/mol. The molecule has 0 amide bonds. The van der Waals surface area contributed by atoms with E-state index in [-0.39, 0.29) is 0 Å². The van der Waals surface area contributed by atoms with Crippen LogP contribution in [-0.4, -0.2) is 13.9 Å². The summed E-state index contributed by atoms with van der Waals surface area (Å²) in [5, 5.41) is 9.73. The van der Waals surface area contributed by atoms with Gasteiger partial charge in [0, 0.05) is 0 Å². The van der Waals surface area contributed by atoms with Gasteiger partial charge >= 0.3 is 0 Å². The molecule has 0 aromatic carbocycles. The van der Waals surface area contributed by atoms with E-state index in [1.54, 1.807) is 6.07 Å². The molecule has 0 aliphatic rings. The van der Waals surface area contributed by atoms with E-state index in [0.29, 0.717) is 11.5 Å². The molecule has 0 spiro atoms. The van der Waals surface area contributed by atoms with Crippen LogP contribution >= 0.6 is 27.7 Å². The second kappa shape index (κ2) is 3.57. The van der Waals surface area contributed by atoms with Gasteiger partial charge in [0.15, 0.2) is 11.9 Å². The van der Waals surface area contributed by atoms with Crippen LogP contribution in [0.15, 0.2) is 27.4 Å². The fourth-order valence-electron chi connectivity index (χ4n) is 0.927. The van der Waals surface area contributed by atoms with Crippen molar-refractivity contribution < 1.29 is 9.52 Å². The molecule has 1 N–H and O–H groups in total. The fraction of sp³-hybridized carbons (Fsp3) is 0.143. The summed E-state index contributed by atoms with van der Waals surface area (Å²) in [4.78, 5) is 0. The molecule has 0 saturated heterocycles. The third kappa shape index (κ3) is 1.65. The van der Waals surface area contributed by atoms with Gasteiger partial charge in [0.25, 0.3) is 0 Å². The summed E-state index contributed by atoms with van der Waals surface area (Å²) >= 11 is 4.31. The van der Waals surface area contributed by atoms with Gasteiger partial charge in [-0.05, 0) is 22.0 Å². The lowest BCUT2D eigenvalue weighted by Crippen LogP contribution is -1.98. The molecule has 0 radical (unpaired) electrons. The minimum absolute atomic E-state index is 0.452. The van der Waals surface area contributed by atoms with Crippen molar-refractivity contribution >= 4 is 27.7 Å². The fourth-order valence-corrected chi connectivity index (χ4v) is 1.79. The van der Waals surface area contributed by atoms with Crippen molar-refractivity contribution in [2.24, 2.45) is 0 Å². The maximum atomic E-state index is 9.73. The first-order valence-corrected chi connectivity index (χ1v) is 5.00. The Kier molecular flexibility index (Phi) is 2.43. The van der Waals surface area contributed by atoms with Gasteiger partial charge in [0.1, 0.15) is 5.69 Å². The van der Waals surface area contributed by atoms with Gasteiger partial charge in [-0.3, -0.25) is 0 Å². The highest BCUT2D eigenvalue weighted by molar-refractivity contribution is 9.10. The minimum atomic E-state index is -0.844. The number of nitrogens with zero attached hydrogens (tertiary/aromatic N) is 2. The molecule has 2 rings (SSSR count). The van der Waals surface area contributed by atoms with E-state index in [4.69, 9.17) is 4.42 Å². The first kappa shape index (κ1) is 8.86. The lowest BCUT2D eigenvalue weighted by molar-refractivity contribution is 0.184.